The van der Waals surface area contributed by atoms with Gasteiger partial charge in [0.2, 0.25) is 0 Å². The van der Waals surface area contributed by atoms with Crippen LogP contribution in [0.3, 0.4) is 0 Å². The van der Waals surface area contributed by atoms with Crippen molar-refractivity contribution in [2.24, 2.45) is 0 Å². The number of aryl methyl sites for hydroxylation is 1. The highest BCUT2D eigenvalue weighted by atomic mass is 35.5. The molecular weight excluding hydrogens is 562 g/mol. The summed E-state index contributed by atoms with van der Waals surface area (Å²) in [4.78, 5) is 23.9. The van der Waals surface area contributed by atoms with E-state index in [1.54, 1.807) is 39.8 Å². The molecule has 1 heterocycles. The Bertz CT molecular complexity index is 891. The second-order valence-electron chi connectivity index (χ2n) is 7.23. The Hall–Kier alpha value is -0.450. The third-order valence-corrected chi connectivity index (χ3v) is 9.34. The lowest BCUT2D eigenvalue weighted by molar-refractivity contribution is -0.150. The van der Waals surface area contributed by atoms with E-state index in [-0.39, 0.29) is 17.8 Å². The first-order valence-electron chi connectivity index (χ1n) is 10.1. The molecule has 0 N–H and O–H groups in total. The summed E-state index contributed by atoms with van der Waals surface area (Å²) in [5.74, 6) is 0.905. The molecule has 1 aromatic carbocycles. The van der Waals surface area contributed by atoms with E-state index in [1.807, 2.05) is 6.92 Å². The number of ether oxygens (including phenoxy) is 2. The fourth-order valence-corrected chi connectivity index (χ4v) is 6.50. The van der Waals surface area contributed by atoms with Crippen LogP contribution in [-0.2, 0) is 39.9 Å². The van der Waals surface area contributed by atoms with Gasteiger partial charge in [-0.1, -0.05) is 23.2 Å². The van der Waals surface area contributed by atoms with E-state index in [0.717, 1.165) is 17.1 Å². The van der Waals surface area contributed by atoms with E-state index < -0.39 is 18.7 Å². The van der Waals surface area contributed by atoms with E-state index in [9.17, 15) is 9.59 Å². The monoisotopic (exact) mass is 590 g/mol. The molecule has 34 heavy (non-hydrogen) atoms. The summed E-state index contributed by atoms with van der Waals surface area (Å²) < 4.78 is 26.3. The molecule has 192 valence electrons. The van der Waals surface area contributed by atoms with Crippen LogP contribution in [-0.4, -0.2) is 49.9 Å². The maximum atomic E-state index is 12.0. The molecule has 0 saturated carbocycles. The van der Waals surface area contributed by atoms with Crippen molar-refractivity contribution in [3.8, 4) is 5.75 Å². The number of thioether (sulfide) groups is 2. The van der Waals surface area contributed by atoms with Crippen molar-refractivity contribution in [1.29, 1.82) is 0 Å². The van der Waals surface area contributed by atoms with Gasteiger partial charge in [-0.05, 0) is 52.3 Å². The highest BCUT2D eigenvalue weighted by Crippen LogP contribution is 2.51. The maximum absolute atomic E-state index is 12.0. The van der Waals surface area contributed by atoms with Crippen LogP contribution in [0.15, 0.2) is 21.9 Å². The molecule has 0 atom stereocenters. The van der Waals surface area contributed by atoms with Gasteiger partial charge in [-0.2, -0.15) is 0 Å². The van der Waals surface area contributed by atoms with Gasteiger partial charge in [-0.25, -0.2) is 9.59 Å². The number of hydrogen-bond donors (Lipinski definition) is 0. The highest BCUT2D eigenvalue weighted by Gasteiger charge is 2.30. The Kier molecular flexibility index (Phi) is 13.9. The lowest BCUT2D eigenvalue weighted by atomic mass is 10.2. The molecule has 1 aliphatic heterocycles. The van der Waals surface area contributed by atoms with Crippen LogP contribution >= 0.6 is 53.4 Å². The number of benzene rings is 1. The molecule has 0 spiro atoms. The molecule has 1 aromatic rings. The summed E-state index contributed by atoms with van der Waals surface area (Å²) in [5.41, 5.74) is 0.982. The van der Waals surface area contributed by atoms with Crippen LogP contribution in [0.2, 0.25) is 10.0 Å². The Morgan fingerprint density at radius 1 is 0.941 bits per heavy atom. The molecule has 13 heteroatoms. The van der Waals surface area contributed by atoms with Gasteiger partial charge in [0.25, 0.3) is 0 Å². The average molecular weight is 592 g/mol. The summed E-state index contributed by atoms with van der Waals surface area (Å²) in [6, 6.07) is 3.46. The molecule has 7 nitrogen and oxygen atoms in total. The standard InChI is InChI=1S/C12H18O4S2.C9H11Cl2O3PS/c1-7(2)15-10(13)9(11(14)16-8(3)4)12-17-5-6-18-12;1-6-4-7(10)9(8(11)5-6)14-15(16,12-2)13-3/h7-8H,5-6H2,1-4H3;4-5H,1-3H3. The molecule has 1 saturated heterocycles. The van der Waals surface area contributed by atoms with Crippen molar-refractivity contribution in [3.63, 3.8) is 0 Å². The minimum absolute atomic E-state index is 0.0462. The summed E-state index contributed by atoms with van der Waals surface area (Å²) in [6.07, 6.45) is -0.507. The van der Waals surface area contributed by atoms with Crippen molar-refractivity contribution >= 4 is 77.2 Å². The Labute approximate surface area is 224 Å². The van der Waals surface area contributed by atoms with Crippen LogP contribution in [0.1, 0.15) is 33.3 Å². The molecule has 0 aromatic heterocycles. The van der Waals surface area contributed by atoms with Gasteiger partial charge in [0.15, 0.2) is 11.3 Å². The molecule has 0 bridgehead atoms. The zero-order valence-corrected chi connectivity index (χ0v) is 24.9. The Morgan fingerprint density at radius 2 is 1.35 bits per heavy atom. The van der Waals surface area contributed by atoms with Gasteiger partial charge in [0, 0.05) is 37.5 Å². The quantitative estimate of drug-likeness (QED) is 0.106. The Balaban J connectivity index is 0.000000342. The third kappa shape index (κ3) is 10.3. The molecule has 2 rings (SSSR count). The third-order valence-electron chi connectivity index (χ3n) is 3.64. The summed E-state index contributed by atoms with van der Waals surface area (Å²) in [5, 5.41) is 0.765. The molecule has 0 radical (unpaired) electrons. The smallest absolute Gasteiger partial charge is 0.380 e. The fraction of sp³-hybridized carbons (Fsp3) is 0.524. The molecule has 1 fully saturated rings. The van der Waals surface area contributed by atoms with Gasteiger partial charge in [0.1, 0.15) is 0 Å². The van der Waals surface area contributed by atoms with Crippen molar-refractivity contribution in [3.05, 3.63) is 37.6 Å². The maximum Gasteiger partial charge on any atom is 0.380 e. The van der Waals surface area contributed by atoms with Crippen LogP contribution in [0.5, 0.6) is 5.75 Å². The SMILES string of the molecule is CC(C)OC(=O)C(C(=O)OC(C)C)=C1SCCS1.COP(=S)(OC)Oc1c(Cl)cc(C)cc1Cl. The summed E-state index contributed by atoms with van der Waals surface area (Å²) in [7, 11) is 2.83. The van der Waals surface area contributed by atoms with Gasteiger partial charge in [-0.15, -0.1) is 23.5 Å². The fourth-order valence-electron chi connectivity index (χ4n) is 2.29. The largest absolute Gasteiger partial charge is 0.459 e. The number of halogens is 2. The topological polar surface area (TPSA) is 80.3 Å². The molecule has 0 amide bonds. The van der Waals surface area contributed by atoms with Crippen molar-refractivity contribution in [2.75, 3.05) is 25.7 Å². The van der Waals surface area contributed by atoms with Crippen molar-refractivity contribution < 1.29 is 32.6 Å². The lowest BCUT2D eigenvalue weighted by Gasteiger charge is -2.19. The normalized spacial score (nSPS) is 13.4. The lowest BCUT2D eigenvalue weighted by Crippen LogP contribution is -2.23. The zero-order chi connectivity index (χ0) is 26.1. The van der Waals surface area contributed by atoms with Crippen LogP contribution in [0, 0.1) is 6.92 Å². The number of hydrogen-bond acceptors (Lipinski definition) is 10. The van der Waals surface area contributed by atoms with Crippen molar-refractivity contribution in [1.82, 2.24) is 0 Å². The van der Waals surface area contributed by atoms with Crippen LogP contribution < -0.4 is 4.52 Å². The van der Waals surface area contributed by atoms with E-state index >= 15 is 0 Å². The first-order chi connectivity index (χ1) is 15.8. The Morgan fingerprint density at radius 3 is 1.71 bits per heavy atom. The molecule has 1 aliphatic rings. The molecule has 0 unspecified atom stereocenters. The van der Waals surface area contributed by atoms with E-state index in [0.29, 0.717) is 20.0 Å². The number of carbonyl (C=O) groups is 2. The second kappa shape index (κ2) is 15.0. The van der Waals surface area contributed by atoms with Crippen molar-refractivity contribution in [2.45, 2.75) is 46.8 Å². The predicted molar refractivity (Wildman–Crippen MR) is 145 cm³/mol. The highest BCUT2D eigenvalue weighted by molar-refractivity contribution is 8.25. The van der Waals surface area contributed by atoms with E-state index in [4.69, 9.17) is 58.1 Å². The first kappa shape index (κ1) is 31.6. The average Bonchev–Trinajstić information content (AvgIpc) is 3.24. The predicted octanol–water partition coefficient (Wildman–Crippen LogP) is 6.78. The minimum Gasteiger partial charge on any atom is -0.459 e. The summed E-state index contributed by atoms with van der Waals surface area (Å²) >= 11 is 20.1. The second-order valence-corrected chi connectivity index (χ2v) is 13.7. The first-order valence-corrected chi connectivity index (χ1v) is 15.4. The number of carbonyl (C=O) groups excluding carboxylic acids is 2. The van der Waals surface area contributed by atoms with Gasteiger partial charge in [0.05, 0.1) is 26.5 Å². The van der Waals surface area contributed by atoms with Crippen LogP contribution in [0.25, 0.3) is 0 Å². The number of rotatable bonds is 8. The molecule has 0 aliphatic carbocycles. The van der Waals surface area contributed by atoms with Crippen LogP contribution in [0.4, 0.5) is 0 Å². The minimum atomic E-state index is -2.81. The zero-order valence-electron chi connectivity index (χ0n) is 20.0. The molecular formula is C21H29Cl2O7PS3. The van der Waals surface area contributed by atoms with Gasteiger partial charge >= 0.3 is 18.7 Å². The van der Waals surface area contributed by atoms with Gasteiger partial charge in [-0.3, -0.25) is 0 Å². The number of esters is 2. The van der Waals surface area contributed by atoms with E-state index in [1.165, 1.54) is 37.7 Å². The van der Waals surface area contributed by atoms with Gasteiger partial charge < -0.3 is 23.0 Å². The van der Waals surface area contributed by atoms with E-state index in [2.05, 4.69) is 0 Å². The summed E-state index contributed by atoms with van der Waals surface area (Å²) in [6.45, 7) is 6.08.